The molecule has 1 saturated heterocycles. The van der Waals surface area contributed by atoms with Crippen molar-refractivity contribution in [2.45, 2.75) is 47.2 Å². The second-order valence-corrected chi connectivity index (χ2v) is 8.89. The standard InChI is InChI=1S/C23H29NS/c1-17(2)23(22(3,4)5)20(19-14-10-7-11-15-19)24(21(23)25)16-18-12-8-6-9-13-18/h6-15,17,20H,16H2,1-5H3. The van der Waals surface area contributed by atoms with Gasteiger partial charge >= 0.3 is 0 Å². The van der Waals surface area contributed by atoms with Crippen molar-refractivity contribution in [1.29, 1.82) is 0 Å². The molecule has 0 spiro atoms. The molecule has 2 unspecified atom stereocenters. The molecule has 0 bridgehead atoms. The van der Waals surface area contributed by atoms with Gasteiger partial charge in [0, 0.05) is 6.54 Å². The van der Waals surface area contributed by atoms with E-state index in [1.165, 1.54) is 11.1 Å². The molecule has 0 radical (unpaired) electrons. The smallest absolute Gasteiger partial charge is 0.0882 e. The van der Waals surface area contributed by atoms with Gasteiger partial charge in [-0.05, 0) is 22.5 Å². The summed E-state index contributed by atoms with van der Waals surface area (Å²) in [7, 11) is 0. The molecule has 2 heteroatoms. The average Bonchev–Trinajstić information content (AvgIpc) is 2.57. The summed E-state index contributed by atoms with van der Waals surface area (Å²) in [5.74, 6) is 0.484. The van der Waals surface area contributed by atoms with E-state index in [2.05, 4.69) is 100 Å². The van der Waals surface area contributed by atoms with Crippen LogP contribution in [0.1, 0.15) is 51.8 Å². The average molecular weight is 352 g/mol. The van der Waals surface area contributed by atoms with Crippen LogP contribution < -0.4 is 0 Å². The van der Waals surface area contributed by atoms with Crippen LogP contribution >= 0.6 is 12.2 Å². The Morgan fingerprint density at radius 1 is 0.960 bits per heavy atom. The van der Waals surface area contributed by atoms with E-state index in [1.807, 2.05) is 0 Å². The third-order valence-electron chi connectivity index (χ3n) is 5.82. The number of benzene rings is 2. The van der Waals surface area contributed by atoms with Crippen molar-refractivity contribution in [3.05, 3.63) is 71.8 Å². The van der Waals surface area contributed by atoms with Crippen LogP contribution in [0.15, 0.2) is 60.7 Å². The summed E-state index contributed by atoms with van der Waals surface area (Å²) in [5, 5.41) is 0. The largest absolute Gasteiger partial charge is 0.353 e. The quantitative estimate of drug-likeness (QED) is 0.598. The van der Waals surface area contributed by atoms with Gasteiger partial charge in [0.1, 0.15) is 0 Å². The molecule has 0 aliphatic carbocycles. The zero-order chi connectivity index (χ0) is 18.2. The number of nitrogens with zero attached hydrogens (tertiary/aromatic N) is 1. The normalized spacial score (nSPS) is 23.7. The molecule has 0 aromatic heterocycles. The number of rotatable bonds is 4. The maximum atomic E-state index is 6.07. The first-order valence-electron chi connectivity index (χ1n) is 9.20. The minimum absolute atomic E-state index is 0.00152. The molecule has 0 saturated carbocycles. The van der Waals surface area contributed by atoms with E-state index in [9.17, 15) is 0 Å². The predicted molar refractivity (Wildman–Crippen MR) is 110 cm³/mol. The zero-order valence-electron chi connectivity index (χ0n) is 16.0. The van der Waals surface area contributed by atoms with Gasteiger partial charge in [0.25, 0.3) is 0 Å². The lowest BCUT2D eigenvalue weighted by molar-refractivity contribution is -0.0482. The van der Waals surface area contributed by atoms with Gasteiger partial charge in [0.05, 0.1) is 16.4 Å². The highest BCUT2D eigenvalue weighted by Gasteiger charge is 2.64. The van der Waals surface area contributed by atoms with E-state index in [-0.39, 0.29) is 10.8 Å². The first kappa shape index (κ1) is 18.1. The van der Waals surface area contributed by atoms with Crippen molar-refractivity contribution in [3.8, 4) is 0 Å². The van der Waals surface area contributed by atoms with E-state index in [0.717, 1.165) is 11.5 Å². The summed E-state index contributed by atoms with van der Waals surface area (Å²) >= 11 is 6.07. The molecule has 3 rings (SSSR count). The highest BCUT2D eigenvalue weighted by atomic mass is 32.1. The fourth-order valence-corrected chi connectivity index (χ4v) is 5.66. The molecule has 2 aromatic carbocycles. The van der Waals surface area contributed by atoms with Crippen LogP contribution in [0.2, 0.25) is 0 Å². The molecule has 0 amide bonds. The van der Waals surface area contributed by atoms with Gasteiger partial charge in [0.2, 0.25) is 0 Å². The lowest BCUT2D eigenvalue weighted by Gasteiger charge is -2.66. The van der Waals surface area contributed by atoms with Crippen molar-refractivity contribution in [3.63, 3.8) is 0 Å². The molecule has 25 heavy (non-hydrogen) atoms. The molecule has 1 aliphatic heterocycles. The maximum Gasteiger partial charge on any atom is 0.0882 e. The number of thiocarbonyl (C=S) groups is 1. The highest BCUT2D eigenvalue weighted by molar-refractivity contribution is 7.80. The number of hydrogen-bond donors (Lipinski definition) is 0. The van der Waals surface area contributed by atoms with Gasteiger partial charge in [-0.1, -0.05) is 108 Å². The second kappa shape index (κ2) is 6.57. The van der Waals surface area contributed by atoms with E-state index in [1.54, 1.807) is 0 Å². The Hall–Kier alpha value is -1.67. The van der Waals surface area contributed by atoms with Gasteiger partial charge in [-0.15, -0.1) is 0 Å². The van der Waals surface area contributed by atoms with Crippen molar-refractivity contribution < 1.29 is 0 Å². The predicted octanol–water partition coefficient (Wildman–Crippen LogP) is 6.26. The third-order valence-corrected chi connectivity index (χ3v) is 6.39. The van der Waals surface area contributed by atoms with Crippen LogP contribution in [0.4, 0.5) is 0 Å². The fraction of sp³-hybridized carbons (Fsp3) is 0.435. The van der Waals surface area contributed by atoms with Crippen LogP contribution in [0.5, 0.6) is 0 Å². The Kier molecular flexibility index (Phi) is 4.76. The molecule has 2 atom stereocenters. The highest BCUT2D eigenvalue weighted by Crippen LogP contribution is 2.64. The lowest BCUT2D eigenvalue weighted by atomic mass is 9.50. The minimum Gasteiger partial charge on any atom is -0.353 e. The van der Waals surface area contributed by atoms with Crippen molar-refractivity contribution >= 4 is 17.2 Å². The molecule has 1 heterocycles. The summed E-state index contributed by atoms with van der Waals surface area (Å²) in [4.78, 5) is 3.55. The van der Waals surface area contributed by atoms with Crippen molar-refractivity contribution in [2.75, 3.05) is 0 Å². The summed E-state index contributed by atoms with van der Waals surface area (Å²) in [6, 6.07) is 21.9. The Bertz CT molecular complexity index is 730. The number of hydrogen-bond acceptors (Lipinski definition) is 1. The minimum atomic E-state index is -0.00152. The topological polar surface area (TPSA) is 3.24 Å². The second-order valence-electron chi connectivity index (χ2n) is 8.51. The molecule has 132 valence electrons. The third kappa shape index (κ3) is 2.81. The zero-order valence-corrected chi connectivity index (χ0v) is 16.8. The summed E-state index contributed by atoms with van der Waals surface area (Å²) in [5.41, 5.74) is 2.79. The summed E-state index contributed by atoms with van der Waals surface area (Å²) in [6.07, 6.45) is 0. The van der Waals surface area contributed by atoms with Crippen LogP contribution in [0, 0.1) is 16.7 Å². The van der Waals surface area contributed by atoms with Crippen LogP contribution in [-0.4, -0.2) is 9.89 Å². The van der Waals surface area contributed by atoms with Gasteiger partial charge < -0.3 is 4.90 Å². The van der Waals surface area contributed by atoms with Gasteiger partial charge in [-0.25, -0.2) is 0 Å². The van der Waals surface area contributed by atoms with Crippen LogP contribution in [0.3, 0.4) is 0 Å². The SMILES string of the molecule is CC(C)C1(C(C)(C)C)C(=S)N(Cc2ccccc2)C1c1ccccc1. The molecule has 1 nitrogen and oxygen atoms in total. The van der Waals surface area contributed by atoms with Gasteiger partial charge in [-0.3, -0.25) is 0 Å². The first-order valence-corrected chi connectivity index (χ1v) is 9.61. The monoisotopic (exact) mass is 351 g/mol. The molecule has 0 N–H and O–H groups in total. The summed E-state index contributed by atoms with van der Waals surface area (Å²) in [6.45, 7) is 12.6. The van der Waals surface area contributed by atoms with E-state index >= 15 is 0 Å². The Morgan fingerprint density at radius 2 is 1.48 bits per heavy atom. The van der Waals surface area contributed by atoms with Crippen molar-refractivity contribution in [2.24, 2.45) is 16.7 Å². The Labute approximate surface area is 158 Å². The van der Waals surface area contributed by atoms with Crippen LogP contribution in [0.25, 0.3) is 0 Å². The van der Waals surface area contributed by atoms with Crippen molar-refractivity contribution in [1.82, 2.24) is 4.90 Å². The fourth-order valence-electron chi connectivity index (χ4n) is 4.83. The van der Waals surface area contributed by atoms with Gasteiger partial charge in [-0.2, -0.15) is 0 Å². The lowest BCUT2D eigenvalue weighted by Crippen LogP contribution is -2.69. The molecule has 1 aliphatic rings. The molecular formula is C23H29NS. The molecular weight excluding hydrogens is 322 g/mol. The first-order chi connectivity index (χ1) is 11.8. The number of likely N-dealkylation sites (tertiary alicyclic amines) is 1. The summed E-state index contributed by atoms with van der Waals surface area (Å²) < 4.78 is 0. The molecule has 2 aromatic rings. The van der Waals surface area contributed by atoms with E-state index in [0.29, 0.717) is 12.0 Å². The van der Waals surface area contributed by atoms with Gasteiger partial charge in [0.15, 0.2) is 0 Å². The van der Waals surface area contributed by atoms with E-state index < -0.39 is 0 Å². The Morgan fingerprint density at radius 3 is 1.96 bits per heavy atom. The van der Waals surface area contributed by atoms with Crippen LogP contribution in [-0.2, 0) is 6.54 Å². The maximum absolute atomic E-state index is 6.07. The molecule has 1 fully saturated rings. The van der Waals surface area contributed by atoms with E-state index in [4.69, 9.17) is 12.2 Å². The Balaban J connectivity index is 2.07.